The Labute approximate surface area is 145 Å². The quantitative estimate of drug-likeness (QED) is 0.878. The minimum absolute atomic E-state index is 0.0685. The molecule has 0 aliphatic carbocycles. The number of rotatable bonds is 3. The molecule has 1 fully saturated rings. The molecule has 0 aromatic heterocycles. The molecule has 2 N–H and O–H groups in total. The normalized spacial score (nSPS) is 21.8. The number of carbonyl (C=O) groups is 1. The number of phenols is 1. The molecule has 2 aromatic rings. The fourth-order valence-electron chi connectivity index (χ4n) is 3.00. The van der Waals surface area contributed by atoms with Crippen molar-refractivity contribution in [3.63, 3.8) is 0 Å². The molecule has 1 amide bonds. The predicted octanol–water partition coefficient (Wildman–Crippen LogP) is 2.51. The lowest BCUT2D eigenvalue weighted by Crippen LogP contribution is -2.46. The monoisotopic (exact) mass is 363 g/mol. The Morgan fingerprint density at radius 3 is 2.48 bits per heavy atom. The number of aromatic hydroxyl groups is 1. The molecule has 0 saturated carbocycles. The summed E-state index contributed by atoms with van der Waals surface area (Å²) in [6.07, 6.45) is 0.385. The van der Waals surface area contributed by atoms with E-state index in [1.54, 1.807) is 37.3 Å². The number of hydrogen-bond donors (Lipinski definition) is 2. The summed E-state index contributed by atoms with van der Waals surface area (Å²) in [6.45, 7) is 1.72. The number of para-hydroxylation sites is 1. The smallest absolute Gasteiger partial charge is 0.251 e. The van der Waals surface area contributed by atoms with Crippen LogP contribution in [-0.2, 0) is 9.84 Å². The molecular formula is C18H18FNO4S. The number of benzene rings is 2. The van der Waals surface area contributed by atoms with Crippen molar-refractivity contribution in [1.29, 1.82) is 0 Å². The maximum Gasteiger partial charge on any atom is 0.251 e. The van der Waals surface area contributed by atoms with Crippen LogP contribution in [0.15, 0.2) is 42.5 Å². The van der Waals surface area contributed by atoms with Crippen molar-refractivity contribution in [2.45, 2.75) is 18.9 Å². The first kappa shape index (κ1) is 17.4. The second kappa shape index (κ2) is 6.15. The van der Waals surface area contributed by atoms with E-state index in [1.807, 2.05) is 0 Å². The highest BCUT2D eigenvalue weighted by Crippen LogP contribution is 2.31. The van der Waals surface area contributed by atoms with Gasteiger partial charge in [0.25, 0.3) is 5.91 Å². The van der Waals surface area contributed by atoms with Crippen LogP contribution in [0.4, 0.5) is 4.39 Å². The molecular weight excluding hydrogens is 345 g/mol. The molecule has 1 aliphatic rings. The Bertz CT molecular complexity index is 925. The third-order valence-electron chi connectivity index (χ3n) is 4.36. The van der Waals surface area contributed by atoms with Crippen molar-refractivity contribution in [2.75, 3.05) is 11.5 Å². The minimum Gasteiger partial charge on any atom is -0.504 e. The van der Waals surface area contributed by atoms with E-state index in [2.05, 4.69) is 5.32 Å². The van der Waals surface area contributed by atoms with Gasteiger partial charge in [-0.25, -0.2) is 12.8 Å². The molecule has 2 aromatic carbocycles. The molecule has 0 unspecified atom stereocenters. The summed E-state index contributed by atoms with van der Waals surface area (Å²) in [6, 6.07) is 10.6. The largest absolute Gasteiger partial charge is 0.504 e. The second-order valence-electron chi connectivity index (χ2n) is 6.57. The molecule has 0 bridgehead atoms. The average Bonchev–Trinajstić information content (AvgIpc) is 2.83. The number of halogens is 1. The van der Waals surface area contributed by atoms with E-state index in [4.69, 9.17) is 0 Å². The van der Waals surface area contributed by atoms with Crippen LogP contribution in [0.5, 0.6) is 5.75 Å². The molecule has 1 atom stereocenters. The lowest BCUT2D eigenvalue weighted by molar-refractivity contribution is 0.0915. The van der Waals surface area contributed by atoms with Crippen LogP contribution in [-0.4, -0.2) is 36.5 Å². The van der Waals surface area contributed by atoms with E-state index in [0.717, 1.165) is 6.07 Å². The average molecular weight is 363 g/mol. The van der Waals surface area contributed by atoms with Gasteiger partial charge in [-0.1, -0.05) is 24.3 Å². The van der Waals surface area contributed by atoms with Gasteiger partial charge in [-0.05, 0) is 37.1 Å². The highest BCUT2D eigenvalue weighted by atomic mass is 32.2. The fraction of sp³-hybridized carbons (Fsp3) is 0.278. The minimum atomic E-state index is -3.11. The first-order valence-corrected chi connectivity index (χ1v) is 9.62. The number of hydrogen-bond acceptors (Lipinski definition) is 4. The number of carbonyl (C=O) groups excluding carboxylic acids is 1. The zero-order valence-electron chi connectivity index (χ0n) is 13.6. The van der Waals surface area contributed by atoms with Crippen LogP contribution in [0.1, 0.15) is 23.7 Å². The molecule has 3 rings (SSSR count). The lowest BCUT2D eigenvalue weighted by atomic mass is 10.00. The van der Waals surface area contributed by atoms with E-state index < -0.39 is 26.9 Å². The standard InChI is InChI=1S/C18H18FNO4S/c1-18(9-10-25(23,24)11-18)20-17(22)13-7-5-12(6-8-13)14-3-2-4-15(19)16(14)21/h2-8,21H,9-11H2,1H3,(H,20,22)/t18-/m1/s1. The molecule has 1 saturated heterocycles. The molecule has 7 heteroatoms. The zero-order chi connectivity index (χ0) is 18.2. The molecule has 1 heterocycles. The van der Waals surface area contributed by atoms with Crippen molar-refractivity contribution in [3.05, 3.63) is 53.8 Å². The molecule has 0 radical (unpaired) electrons. The summed E-state index contributed by atoms with van der Waals surface area (Å²) in [5, 5.41) is 12.6. The first-order chi connectivity index (χ1) is 11.7. The summed E-state index contributed by atoms with van der Waals surface area (Å²) in [4.78, 5) is 12.4. The van der Waals surface area contributed by atoms with Gasteiger partial charge in [-0.2, -0.15) is 0 Å². The Kier molecular flexibility index (Phi) is 4.28. The Balaban J connectivity index is 1.78. The molecule has 1 aliphatic heterocycles. The summed E-state index contributed by atoms with van der Waals surface area (Å²) in [5.74, 6) is -1.52. The molecule has 0 spiro atoms. The van der Waals surface area contributed by atoms with Gasteiger partial charge in [-0.3, -0.25) is 4.79 Å². The molecule has 132 valence electrons. The number of sulfone groups is 1. The highest BCUT2D eigenvalue weighted by molar-refractivity contribution is 7.91. The van der Waals surface area contributed by atoms with E-state index in [1.165, 1.54) is 6.07 Å². The Morgan fingerprint density at radius 2 is 1.88 bits per heavy atom. The Hall–Kier alpha value is -2.41. The van der Waals surface area contributed by atoms with Crippen molar-refractivity contribution >= 4 is 15.7 Å². The summed E-state index contributed by atoms with van der Waals surface area (Å²) >= 11 is 0. The van der Waals surface area contributed by atoms with Crippen LogP contribution in [0.25, 0.3) is 11.1 Å². The van der Waals surface area contributed by atoms with E-state index in [9.17, 15) is 22.7 Å². The van der Waals surface area contributed by atoms with Crippen LogP contribution in [0, 0.1) is 5.82 Å². The highest BCUT2D eigenvalue weighted by Gasteiger charge is 2.39. The van der Waals surface area contributed by atoms with Gasteiger partial charge < -0.3 is 10.4 Å². The first-order valence-electron chi connectivity index (χ1n) is 7.80. The van der Waals surface area contributed by atoms with Crippen molar-refractivity contribution in [3.8, 4) is 16.9 Å². The van der Waals surface area contributed by atoms with Crippen LogP contribution in [0.3, 0.4) is 0 Å². The maximum atomic E-state index is 13.4. The maximum absolute atomic E-state index is 13.4. The van der Waals surface area contributed by atoms with E-state index in [-0.39, 0.29) is 17.4 Å². The second-order valence-corrected chi connectivity index (χ2v) is 8.75. The van der Waals surface area contributed by atoms with Gasteiger partial charge in [0.1, 0.15) is 0 Å². The van der Waals surface area contributed by atoms with E-state index >= 15 is 0 Å². The number of nitrogens with one attached hydrogen (secondary N) is 1. The summed E-state index contributed by atoms with van der Waals surface area (Å²) in [5.41, 5.74) is 0.504. The predicted molar refractivity (Wildman–Crippen MR) is 92.6 cm³/mol. The SMILES string of the molecule is C[C@@]1(NC(=O)c2ccc(-c3cccc(F)c3O)cc2)CCS(=O)(=O)C1. The zero-order valence-corrected chi connectivity index (χ0v) is 14.4. The fourth-order valence-corrected chi connectivity index (χ4v) is 5.10. The third-order valence-corrected chi connectivity index (χ3v) is 6.27. The van der Waals surface area contributed by atoms with Crippen molar-refractivity contribution in [2.24, 2.45) is 0 Å². The summed E-state index contributed by atoms with van der Waals surface area (Å²) in [7, 11) is -3.11. The van der Waals surface area contributed by atoms with Crippen molar-refractivity contribution < 1.29 is 22.7 Å². The Morgan fingerprint density at radius 1 is 1.20 bits per heavy atom. The van der Waals surface area contributed by atoms with Gasteiger partial charge in [0.15, 0.2) is 21.4 Å². The van der Waals surface area contributed by atoms with Gasteiger partial charge >= 0.3 is 0 Å². The van der Waals surface area contributed by atoms with Crippen LogP contribution < -0.4 is 5.32 Å². The van der Waals surface area contributed by atoms with E-state index in [0.29, 0.717) is 23.1 Å². The van der Waals surface area contributed by atoms with Gasteiger partial charge in [0.2, 0.25) is 0 Å². The van der Waals surface area contributed by atoms with Gasteiger partial charge in [0, 0.05) is 11.1 Å². The van der Waals surface area contributed by atoms with Crippen LogP contribution >= 0.6 is 0 Å². The third kappa shape index (κ3) is 3.66. The van der Waals surface area contributed by atoms with Gasteiger partial charge in [0.05, 0.1) is 17.0 Å². The topological polar surface area (TPSA) is 83.5 Å². The van der Waals surface area contributed by atoms with Crippen LogP contribution in [0.2, 0.25) is 0 Å². The molecule has 5 nitrogen and oxygen atoms in total. The summed E-state index contributed by atoms with van der Waals surface area (Å²) < 4.78 is 36.7. The molecule has 25 heavy (non-hydrogen) atoms. The van der Waals surface area contributed by atoms with Crippen molar-refractivity contribution in [1.82, 2.24) is 5.32 Å². The van der Waals surface area contributed by atoms with Gasteiger partial charge in [-0.15, -0.1) is 0 Å². The number of amides is 1. The lowest BCUT2D eigenvalue weighted by Gasteiger charge is -2.23. The number of phenolic OH excluding ortho intramolecular Hbond substituents is 1.